The van der Waals surface area contributed by atoms with Crippen molar-refractivity contribution < 1.29 is 91.3 Å². The molecule has 1 atom stereocenters. The number of unbranched alkanes of at least 4 members (excludes halogenated alkanes) is 50. The zero-order valence-corrected chi connectivity index (χ0v) is 58.9. The first-order valence-corrected chi connectivity index (χ1v) is 35.6. The van der Waals surface area contributed by atoms with Gasteiger partial charge in [0.2, 0.25) is 0 Å². The van der Waals surface area contributed by atoms with Crippen molar-refractivity contribution >= 4 is 23.9 Å². The van der Waals surface area contributed by atoms with Gasteiger partial charge in [-0.15, -0.1) is 0 Å². The molecule has 0 heterocycles. The molecule has 0 saturated heterocycles. The topological polar surface area (TPSA) is 178 Å². The predicted octanol–water partition coefficient (Wildman–Crippen LogP) is 17.1. The summed E-state index contributed by atoms with van der Waals surface area (Å²) in [5, 5.41) is 49.0. The van der Waals surface area contributed by atoms with Crippen molar-refractivity contribution in [3.8, 4) is 0 Å². The Labute approximate surface area is 549 Å². The second kappa shape index (κ2) is 87.5. The molecule has 0 aromatic carbocycles. The van der Waals surface area contributed by atoms with Crippen LogP contribution in [0.1, 0.15) is 419 Å². The third-order valence-electron chi connectivity index (χ3n) is 15.7. The molecule has 0 saturated carbocycles. The van der Waals surface area contributed by atoms with Crippen LogP contribution in [0.4, 0.5) is 0 Å². The maximum atomic E-state index is 10.3. The van der Waals surface area contributed by atoms with E-state index in [2.05, 4.69) is 39.8 Å². The van der Waals surface area contributed by atoms with Crippen LogP contribution in [0.15, 0.2) is 12.2 Å². The standard InChI is InChI=1S/C18H34O3.3C18H36O2.Cu.Na/c1-2-3-4-11-14-17(19)15-12-9-7-5-6-8-10-13-16-18(20)21;3*1-2-3-4-5-6-7-8-9-10-11-12-13-14-15-16-17-18(19)20;;/h9,12,17,19H,2-8,10-11,13-16H2,1H3,(H,20,21);3*2-17H2,1H3,(H,19,20);;/q;;;;+2;+1/p-3/b12-9-;;;;;/t17-;;;;;/m1...../s1. The number of hydrogen-bond donors (Lipinski definition) is 2. The van der Waals surface area contributed by atoms with Crippen molar-refractivity contribution in [1.29, 1.82) is 0 Å². The molecule has 0 fully saturated rings. The Hall–Kier alpha value is -0.901. The molecular formula is C72H139CuNaO9. The molecule has 493 valence electrons. The SMILES string of the molecule is CCCCCCCCCCCCCCCCCC(=O)O.CCCCCCCCCCCCCCCCCC(=O)[O-].CCCCCCCCCCCCCCCCCC(=O)[O-].CCCCCC[C@@H](O)C/C=C\CCCCCCCC(=O)[O-].[Cu+2].[Na+]. The van der Waals surface area contributed by atoms with E-state index in [9.17, 15) is 39.6 Å². The second-order valence-electron chi connectivity index (χ2n) is 24.1. The zero-order chi connectivity index (χ0) is 60.4. The van der Waals surface area contributed by atoms with Crippen LogP contribution < -0.4 is 44.9 Å². The summed E-state index contributed by atoms with van der Waals surface area (Å²) in [5.74, 6) is -3.40. The zero-order valence-electron chi connectivity index (χ0n) is 55.9. The largest absolute Gasteiger partial charge is 2.00 e. The van der Waals surface area contributed by atoms with Gasteiger partial charge < -0.3 is 39.9 Å². The molecule has 0 aromatic rings. The first-order valence-electron chi connectivity index (χ1n) is 35.6. The number of carbonyl (C=O) groups is 4. The van der Waals surface area contributed by atoms with Gasteiger partial charge >= 0.3 is 52.6 Å². The third kappa shape index (κ3) is 106. The average Bonchev–Trinajstić information content (AvgIpc) is 3.43. The monoisotopic (exact) mass is 1230 g/mol. The van der Waals surface area contributed by atoms with Crippen LogP contribution in [0, 0.1) is 0 Å². The minimum absolute atomic E-state index is 0. The summed E-state index contributed by atoms with van der Waals surface area (Å²) in [6, 6.07) is 0. The number of allylic oxidation sites excluding steroid dienone is 1. The Bertz CT molecular complexity index is 1150. The van der Waals surface area contributed by atoms with Crippen LogP contribution in [-0.2, 0) is 36.2 Å². The van der Waals surface area contributed by atoms with E-state index < -0.39 is 23.9 Å². The number of aliphatic hydroxyl groups is 1. The van der Waals surface area contributed by atoms with E-state index in [4.69, 9.17) is 5.11 Å². The number of hydrogen-bond acceptors (Lipinski definition) is 8. The molecule has 9 nitrogen and oxygen atoms in total. The van der Waals surface area contributed by atoms with Gasteiger partial charge in [0.05, 0.1) is 6.10 Å². The quantitative estimate of drug-likeness (QED) is 0.0341. The molecular weight excluding hydrogens is 1100 g/mol. The van der Waals surface area contributed by atoms with Crippen LogP contribution >= 0.6 is 0 Å². The van der Waals surface area contributed by atoms with Crippen molar-refractivity contribution in [2.45, 2.75) is 425 Å². The van der Waals surface area contributed by atoms with Gasteiger partial charge in [-0.1, -0.05) is 354 Å². The van der Waals surface area contributed by atoms with E-state index in [1.54, 1.807) is 0 Å². The Morgan fingerprint density at radius 3 is 0.711 bits per heavy atom. The number of carboxylic acid groups (broad SMARTS) is 4. The smallest absolute Gasteiger partial charge is 0.550 e. The summed E-state index contributed by atoms with van der Waals surface area (Å²) in [4.78, 5) is 41.0. The molecule has 0 aromatic heterocycles. The summed E-state index contributed by atoms with van der Waals surface area (Å²) in [6.07, 6.45) is 76.9. The fourth-order valence-electron chi connectivity index (χ4n) is 10.3. The molecule has 0 rings (SSSR count). The number of aliphatic hydroxyl groups excluding tert-OH is 1. The van der Waals surface area contributed by atoms with Crippen molar-refractivity contribution in [2.75, 3.05) is 0 Å². The minimum Gasteiger partial charge on any atom is -0.550 e. The number of rotatable bonds is 63. The van der Waals surface area contributed by atoms with Crippen LogP contribution in [-0.4, -0.2) is 40.2 Å². The molecule has 0 bridgehead atoms. The third-order valence-corrected chi connectivity index (χ3v) is 15.7. The number of aliphatic carboxylic acids is 4. The van der Waals surface area contributed by atoms with E-state index in [0.717, 1.165) is 96.3 Å². The van der Waals surface area contributed by atoms with E-state index in [1.165, 1.54) is 270 Å². The second-order valence-corrected chi connectivity index (χ2v) is 24.1. The fourth-order valence-corrected chi connectivity index (χ4v) is 10.3. The van der Waals surface area contributed by atoms with Gasteiger partial charge in [-0.25, -0.2) is 0 Å². The van der Waals surface area contributed by atoms with E-state index >= 15 is 0 Å². The Kier molecular flexibility index (Phi) is 98.3. The summed E-state index contributed by atoms with van der Waals surface area (Å²) in [7, 11) is 0. The van der Waals surface area contributed by atoms with Crippen molar-refractivity contribution in [3.63, 3.8) is 0 Å². The van der Waals surface area contributed by atoms with Crippen molar-refractivity contribution in [1.82, 2.24) is 0 Å². The fraction of sp³-hybridized carbons (Fsp3) is 0.917. The minimum atomic E-state index is -0.939. The van der Waals surface area contributed by atoms with E-state index in [0.29, 0.717) is 6.42 Å². The van der Waals surface area contributed by atoms with Gasteiger partial charge in [0.15, 0.2) is 0 Å². The van der Waals surface area contributed by atoms with Crippen LogP contribution in [0.5, 0.6) is 0 Å². The summed E-state index contributed by atoms with van der Waals surface area (Å²) < 4.78 is 0. The molecule has 1 radical (unpaired) electrons. The molecule has 0 aliphatic carbocycles. The van der Waals surface area contributed by atoms with Gasteiger partial charge in [0, 0.05) is 24.3 Å². The van der Waals surface area contributed by atoms with Crippen molar-refractivity contribution in [3.05, 3.63) is 12.2 Å². The van der Waals surface area contributed by atoms with Gasteiger partial charge in [0.1, 0.15) is 0 Å². The van der Waals surface area contributed by atoms with Gasteiger partial charge in [-0.2, -0.15) is 0 Å². The summed E-state index contributed by atoms with van der Waals surface area (Å²) in [6.45, 7) is 9.00. The van der Waals surface area contributed by atoms with Crippen LogP contribution in [0.3, 0.4) is 0 Å². The molecule has 0 aliphatic rings. The average molecular weight is 1240 g/mol. The van der Waals surface area contributed by atoms with E-state index in [1.807, 2.05) is 0 Å². The molecule has 11 heteroatoms. The van der Waals surface area contributed by atoms with Gasteiger partial charge in [-0.05, 0) is 70.6 Å². The predicted molar refractivity (Wildman–Crippen MR) is 342 cm³/mol. The van der Waals surface area contributed by atoms with Crippen LogP contribution in [0.2, 0.25) is 0 Å². The number of carbonyl (C=O) groups excluding carboxylic acids is 3. The van der Waals surface area contributed by atoms with E-state index in [-0.39, 0.29) is 72.0 Å². The Balaban J connectivity index is -0.000000236. The first-order chi connectivity index (χ1) is 39.5. The Morgan fingerprint density at radius 2 is 0.494 bits per heavy atom. The van der Waals surface area contributed by atoms with Gasteiger partial charge in [0.25, 0.3) is 0 Å². The van der Waals surface area contributed by atoms with Crippen LogP contribution in [0.25, 0.3) is 0 Å². The molecule has 0 spiro atoms. The van der Waals surface area contributed by atoms with Crippen molar-refractivity contribution in [2.24, 2.45) is 0 Å². The molecule has 2 N–H and O–H groups in total. The summed E-state index contributed by atoms with van der Waals surface area (Å²) in [5.41, 5.74) is 0. The molecule has 0 amide bonds. The molecule has 0 aliphatic heterocycles. The normalized spacial score (nSPS) is 11.1. The maximum Gasteiger partial charge on any atom is 2.00 e. The van der Waals surface area contributed by atoms with Gasteiger partial charge in [-0.3, -0.25) is 4.79 Å². The Morgan fingerprint density at radius 1 is 0.301 bits per heavy atom. The molecule has 0 unspecified atom stereocenters. The first kappa shape index (κ1) is 93.2. The summed E-state index contributed by atoms with van der Waals surface area (Å²) >= 11 is 0. The maximum absolute atomic E-state index is 10.3. The molecule has 83 heavy (non-hydrogen) atoms. The number of carboxylic acids is 4.